The highest BCUT2D eigenvalue weighted by Gasteiger charge is 2.28. The summed E-state index contributed by atoms with van der Waals surface area (Å²) in [5.74, 6) is 0.421. The molecule has 3 rings (SSSR count). The standard InChI is InChI=1S/C17H20N2O2/c1-14-12-19(17(20)16-8-5-11-21-16)10-9-18(14)13-15-6-3-2-4-7-15/h2-8,11,14H,9-10,12-13H2,1H3. The lowest BCUT2D eigenvalue weighted by atomic mass is 10.1. The van der Waals surface area contributed by atoms with Gasteiger partial charge in [-0.1, -0.05) is 30.3 Å². The first-order chi connectivity index (χ1) is 10.2. The number of rotatable bonds is 3. The van der Waals surface area contributed by atoms with Gasteiger partial charge in [0.05, 0.1) is 6.26 Å². The molecule has 2 aromatic rings. The van der Waals surface area contributed by atoms with E-state index in [9.17, 15) is 4.79 Å². The maximum absolute atomic E-state index is 12.3. The molecule has 0 N–H and O–H groups in total. The summed E-state index contributed by atoms with van der Waals surface area (Å²) < 4.78 is 5.20. The van der Waals surface area contributed by atoms with Gasteiger partial charge in [0.25, 0.3) is 5.91 Å². The zero-order valence-corrected chi connectivity index (χ0v) is 12.2. The van der Waals surface area contributed by atoms with Crippen molar-refractivity contribution in [3.8, 4) is 0 Å². The second-order valence-electron chi connectivity index (χ2n) is 5.53. The molecule has 1 fully saturated rings. The molecule has 1 atom stereocenters. The fourth-order valence-corrected chi connectivity index (χ4v) is 2.79. The number of benzene rings is 1. The Morgan fingerprint density at radius 2 is 2.00 bits per heavy atom. The number of carbonyl (C=O) groups is 1. The minimum Gasteiger partial charge on any atom is -0.459 e. The average Bonchev–Trinajstić information content (AvgIpc) is 3.04. The summed E-state index contributed by atoms with van der Waals surface area (Å²) in [6, 6.07) is 14.3. The second-order valence-corrected chi connectivity index (χ2v) is 5.53. The summed E-state index contributed by atoms with van der Waals surface area (Å²) in [6.07, 6.45) is 1.54. The lowest BCUT2D eigenvalue weighted by Crippen LogP contribution is -2.53. The van der Waals surface area contributed by atoms with Crippen LogP contribution in [0.2, 0.25) is 0 Å². The largest absolute Gasteiger partial charge is 0.459 e. The Kier molecular flexibility index (Phi) is 4.06. The first-order valence-electron chi connectivity index (χ1n) is 7.35. The maximum Gasteiger partial charge on any atom is 0.289 e. The van der Waals surface area contributed by atoms with Crippen molar-refractivity contribution in [3.63, 3.8) is 0 Å². The third-order valence-corrected chi connectivity index (χ3v) is 4.01. The Balaban J connectivity index is 1.60. The summed E-state index contributed by atoms with van der Waals surface area (Å²) in [5.41, 5.74) is 1.31. The Morgan fingerprint density at radius 3 is 2.67 bits per heavy atom. The molecule has 0 saturated carbocycles. The van der Waals surface area contributed by atoms with E-state index in [1.165, 1.54) is 5.56 Å². The Labute approximate surface area is 125 Å². The number of furan rings is 1. The van der Waals surface area contributed by atoms with Gasteiger partial charge in [-0.25, -0.2) is 0 Å². The van der Waals surface area contributed by atoms with E-state index in [1.54, 1.807) is 18.4 Å². The van der Waals surface area contributed by atoms with Crippen LogP contribution in [0.4, 0.5) is 0 Å². The molecule has 21 heavy (non-hydrogen) atoms. The van der Waals surface area contributed by atoms with E-state index in [4.69, 9.17) is 4.42 Å². The molecule has 0 radical (unpaired) electrons. The van der Waals surface area contributed by atoms with E-state index in [0.29, 0.717) is 11.8 Å². The first kappa shape index (κ1) is 13.9. The second kappa shape index (κ2) is 6.14. The predicted octanol–water partition coefficient (Wildman–Crippen LogP) is 2.63. The van der Waals surface area contributed by atoms with Crippen molar-refractivity contribution >= 4 is 5.91 Å². The average molecular weight is 284 g/mol. The van der Waals surface area contributed by atoms with Crippen molar-refractivity contribution in [1.29, 1.82) is 0 Å². The van der Waals surface area contributed by atoms with Gasteiger partial charge in [-0.05, 0) is 24.6 Å². The van der Waals surface area contributed by atoms with Gasteiger partial charge in [0, 0.05) is 32.2 Å². The lowest BCUT2D eigenvalue weighted by molar-refractivity contribution is 0.0468. The van der Waals surface area contributed by atoms with Crippen LogP contribution in [-0.2, 0) is 6.54 Å². The minimum atomic E-state index is -0.00814. The smallest absolute Gasteiger partial charge is 0.289 e. The summed E-state index contributed by atoms with van der Waals surface area (Å²) in [4.78, 5) is 16.6. The molecular formula is C17H20N2O2. The van der Waals surface area contributed by atoms with Crippen LogP contribution in [-0.4, -0.2) is 41.4 Å². The van der Waals surface area contributed by atoms with Crippen LogP contribution in [0.5, 0.6) is 0 Å². The third-order valence-electron chi connectivity index (χ3n) is 4.01. The van der Waals surface area contributed by atoms with Crippen LogP contribution in [0.3, 0.4) is 0 Å². The molecule has 1 unspecified atom stereocenters. The summed E-state index contributed by atoms with van der Waals surface area (Å²) in [7, 11) is 0. The lowest BCUT2D eigenvalue weighted by Gasteiger charge is -2.39. The van der Waals surface area contributed by atoms with Crippen molar-refractivity contribution in [2.75, 3.05) is 19.6 Å². The van der Waals surface area contributed by atoms with E-state index in [2.05, 4.69) is 36.1 Å². The highest BCUT2D eigenvalue weighted by molar-refractivity contribution is 5.91. The van der Waals surface area contributed by atoms with Gasteiger partial charge >= 0.3 is 0 Å². The molecular weight excluding hydrogens is 264 g/mol. The fourth-order valence-electron chi connectivity index (χ4n) is 2.79. The maximum atomic E-state index is 12.3. The molecule has 1 aromatic heterocycles. The van der Waals surface area contributed by atoms with Crippen LogP contribution >= 0.6 is 0 Å². The molecule has 1 aliphatic heterocycles. The highest BCUT2D eigenvalue weighted by Crippen LogP contribution is 2.16. The number of hydrogen-bond acceptors (Lipinski definition) is 3. The van der Waals surface area contributed by atoms with Gasteiger partial charge < -0.3 is 9.32 Å². The fraction of sp³-hybridized carbons (Fsp3) is 0.353. The number of piperazine rings is 1. The van der Waals surface area contributed by atoms with Gasteiger partial charge in [-0.15, -0.1) is 0 Å². The monoisotopic (exact) mass is 284 g/mol. The van der Waals surface area contributed by atoms with Crippen LogP contribution in [0.1, 0.15) is 23.0 Å². The zero-order chi connectivity index (χ0) is 14.7. The first-order valence-corrected chi connectivity index (χ1v) is 7.35. The van der Waals surface area contributed by atoms with Crippen LogP contribution in [0, 0.1) is 0 Å². The van der Waals surface area contributed by atoms with Gasteiger partial charge in [-0.3, -0.25) is 9.69 Å². The molecule has 2 heterocycles. The summed E-state index contributed by atoms with van der Waals surface area (Å²) >= 11 is 0. The van der Waals surface area contributed by atoms with Crippen molar-refractivity contribution < 1.29 is 9.21 Å². The van der Waals surface area contributed by atoms with E-state index in [0.717, 1.165) is 26.2 Å². The molecule has 0 spiro atoms. The minimum absolute atomic E-state index is 0.00814. The Bertz CT molecular complexity index is 580. The molecule has 1 amide bonds. The van der Waals surface area contributed by atoms with E-state index >= 15 is 0 Å². The van der Waals surface area contributed by atoms with E-state index < -0.39 is 0 Å². The molecule has 1 aliphatic rings. The van der Waals surface area contributed by atoms with Gasteiger partial charge in [0.2, 0.25) is 0 Å². The molecule has 110 valence electrons. The van der Waals surface area contributed by atoms with Crippen LogP contribution < -0.4 is 0 Å². The van der Waals surface area contributed by atoms with E-state index in [-0.39, 0.29) is 5.91 Å². The quantitative estimate of drug-likeness (QED) is 0.869. The van der Waals surface area contributed by atoms with Gasteiger partial charge in [-0.2, -0.15) is 0 Å². The topological polar surface area (TPSA) is 36.7 Å². The van der Waals surface area contributed by atoms with Crippen molar-refractivity contribution in [2.24, 2.45) is 0 Å². The zero-order valence-electron chi connectivity index (χ0n) is 12.2. The molecule has 0 aliphatic carbocycles. The van der Waals surface area contributed by atoms with Gasteiger partial charge in [0.1, 0.15) is 0 Å². The normalized spacial score (nSPS) is 19.7. The Hall–Kier alpha value is -2.07. The predicted molar refractivity (Wildman–Crippen MR) is 80.9 cm³/mol. The van der Waals surface area contributed by atoms with Crippen LogP contribution in [0.25, 0.3) is 0 Å². The number of carbonyl (C=O) groups excluding carboxylic acids is 1. The highest BCUT2D eigenvalue weighted by atomic mass is 16.3. The summed E-state index contributed by atoms with van der Waals surface area (Å²) in [5, 5.41) is 0. The van der Waals surface area contributed by atoms with Crippen molar-refractivity contribution in [2.45, 2.75) is 19.5 Å². The van der Waals surface area contributed by atoms with E-state index in [1.807, 2.05) is 11.0 Å². The number of amides is 1. The van der Waals surface area contributed by atoms with Crippen molar-refractivity contribution in [1.82, 2.24) is 9.80 Å². The molecule has 1 saturated heterocycles. The number of nitrogens with zero attached hydrogens (tertiary/aromatic N) is 2. The Morgan fingerprint density at radius 1 is 1.19 bits per heavy atom. The summed E-state index contributed by atoms with van der Waals surface area (Å²) in [6.45, 7) is 5.49. The molecule has 4 nitrogen and oxygen atoms in total. The van der Waals surface area contributed by atoms with Gasteiger partial charge in [0.15, 0.2) is 5.76 Å². The number of hydrogen-bond donors (Lipinski definition) is 0. The molecule has 4 heteroatoms. The van der Waals surface area contributed by atoms with Crippen LogP contribution in [0.15, 0.2) is 53.1 Å². The third kappa shape index (κ3) is 3.16. The molecule has 0 bridgehead atoms. The SMILES string of the molecule is CC1CN(C(=O)c2ccco2)CCN1Cc1ccccc1. The molecule has 1 aromatic carbocycles. The van der Waals surface area contributed by atoms with Crippen molar-refractivity contribution in [3.05, 3.63) is 60.1 Å².